The number of carbonyl (C=O) groups excluding carboxylic acids is 1. The molecule has 7 nitrogen and oxygen atoms in total. The molecule has 4 unspecified atom stereocenters. The van der Waals surface area contributed by atoms with Gasteiger partial charge in [0.25, 0.3) is 0 Å². The topological polar surface area (TPSA) is 92.7 Å². The predicted octanol–water partition coefficient (Wildman–Crippen LogP) is 1.39. The molecule has 0 radical (unpaired) electrons. The van der Waals surface area contributed by atoms with Crippen molar-refractivity contribution in [2.75, 3.05) is 14.2 Å². The van der Waals surface area contributed by atoms with E-state index < -0.39 is 6.23 Å². The molecule has 0 amide bonds. The number of carbonyl (C=O) groups is 1. The molecular formula is C20H25N3O4. The number of aliphatic hydroxyl groups is 1. The Morgan fingerprint density at radius 2 is 2.00 bits per heavy atom. The third kappa shape index (κ3) is 4.63. The molecule has 1 aliphatic heterocycles. The number of methoxy groups -OCH3 is 2. The molecule has 0 aliphatic carbocycles. The van der Waals surface area contributed by atoms with Crippen LogP contribution in [0.25, 0.3) is 0 Å². The summed E-state index contributed by atoms with van der Waals surface area (Å²) in [6.07, 6.45) is 3.50. The summed E-state index contributed by atoms with van der Waals surface area (Å²) in [5, 5.41) is 10.6. The Kier molecular flexibility index (Phi) is 6.39. The van der Waals surface area contributed by atoms with Crippen LogP contribution in [0, 0.1) is 5.92 Å². The van der Waals surface area contributed by atoms with Gasteiger partial charge in [-0.05, 0) is 35.7 Å². The number of nitrogens with zero attached hydrogens (tertiary/aromatic N) is 1. The summed E-state index contributed by atoms with van der Waals surface area (Å²) < 4.78 is 10.1. The first-order chi connectivity index (χ1) is 13.1. The van der Waals surface area contributed by atoms with Gasteiger partial charge in [-0.3, -0.25) is 15.2 Å². The van der Waals surface area contributed by atoms with Crippen molar-refractivity contribution in [1.82, 2.24) is 15.8 Å². The zero-order chi connectivity index (χ0) is 19.2. The summed E-state index contributed by atoms with van der Waals surface area (Å²) in [5.41, 5.74) is 8.09. The van der Waals surface area contributed by atoms with E-state index in [1.807, 2.05) is 36.4 Å². The maximum atomic E-state index is 12.0. The lowest BCUT2D eigenvalue weighted by atomic mass is 9.78. The number of pyridine rings is 1. The molecule has 1 aromatic heterocycles. The minimum absolute atomic E-state index is 0.0664. The highest BCUT2D eigenvalue weighted by Gasteiger charge is 2.41. The quantitative estimate of drug-likeness (QED) is 0.634. The molecule has 3 rings (SSSR count). The number of hydrogen-bond donors (Lipinski definition) is 3. The first-order valence-corrected chi connectivity index (χ1v) is 8.91. The van der Waals surface area contributed by atoms with Crippen molar-refractivity contribution in [3.8, 4) is 5.75 Å². The highest BCUT2D eigenvalue weighted by atomic mass is 16.5. The Morgan fingerprint density at radius 1 is 1.22 bits per heavy atom. The van der Waals surface area contributed by atoms with E-state index in [1.165, 1.54) is 7.11 Å². The van der Waals surface area contributed by atoms with E-state index in [-0.39, 0.29) is 30.3 Å². The molecular weight excluding hydrogens is 346 g/mol. The van der Waals surface area contributed by atoms with Gasteiger partial charge in [-0.1, -0.05) is 18.2 Å². The molecule has 1 saturated heterocycles. The summed E-state index contributed by atoms with van der Waals surface area (Å²) in [7, 11) is 3.01. The fraction of sp³-hybridized carbons (Fsp3) is 0.400. The van der Waals surface area contributed by atoms with Crippen molar-refractivity contribution in [3.63, 3.8) is 0 Å². The van der Waals surface area contributed by atoms with E-state index >= 15 is 0 Å². The zero-order valence-corrected chi connectivity index (χ0v) is 15.5. The smallest absolute Gasteiger partial charge is 0.306 e. The molecule has 27 heavy (non-hydrogen) atoms. The summed E-state index contributed by atoms with van der Waals surface area (Å²) in [6, 6.07) is 11.5. The number of aliphatic hydroxyl groups excluding tert-OH is 1. The van der Waals surface area contributed by atoms with Crippen molar-refractivity contribution < 1.29 is 19.4 Å². The summed E-state index contributed by atoms with van der Waals surface area (Å²) in [6.45, 7) is 0. The average Bonchev–Trinajstić information content (AvgIpc) is 3.07. The van der Waals surface area contributed by atoms with Crippen LogP contribution in [0.5, 0.6) is 5.75 Å². The molecule has 3 N–H and O–H groups in total. The van der Waals surface area contributed by atoms with Gasteiger partial charge in [0, 0.05) is 30.3 Å². The Morgan fingerprint density at radius 3 is 2.63 bits per heavy atom. The SMILES string of the molecule is COC(=O)CC(c1cccnc1)C1C(O)NNC1Cc1ccc(OC)cc1. The second kappa shape index (κ2) is 8.94. The maximum absolute atomic E-state index is 12.0. The number of hydrogen-bond acceptors (Lipinski definition) is 7. The van der Waals surface area contributed by atoms with Gasteiger partial charge in [0.05, 0.1) is 20.6 Å². The lowest BCUT2D eigenvalue weighted by Gasteiger charge is -2.29. The first kappa shape index (κ1) is 19.3. The monoisotopic (exact) mass is 371 g/mol. The molecule has 4 atom stereocenters. The van der Waals surface area contributed by atoms with Gasteiger partial charge < -0.3 is 14.6 Å². The summed E-state index contributed by atoms with van der Waals surface area (Å²) >= 11 is 0. The number of rotatable bonds is 7. The fourth-order valence-electron chi connectivity index (χ4n) is 3.64. The summed E-state index contributed by atoms with van der Waals surface area (Å²) in [4.78, 5) is 16.2. The lowest BCUT2D eigenvalue weighted by molar-refractivity contribution is -0.141. The normalized spacial score (nSPS) is 23.0. The number of nitrogens with one attached hydrogen (secondary N) is 2. The number of aromatic nitrogens is 1. The molecule has 2 heterocycles. The van der Waals surface area contributed by atoms with E-state index in [0.717, 1.165) is 16.9 Å². The highest BCUT2D eigenvalue weighted by Crippen LogP contribution is 2.35. The minimum Gasteiger partial charge on any atom is -0.497 e. The Hall–Kier alpha value is -2.48. The third-order valence-corrected chi connectivity index (χ3v) is 5.05. The average molecular weight is 371 g/mol. The van der Waals surface area contributed by atoms with Gasteiger partial charge in [-0.2, -0.15) is 0 Å². The van der Waals surface area contributed by atoms with Crippen LogP contribution in [0.1, 0.15) is 23.5 Å². The largest absolute Gasteiger partial charge is 0.497 e. The molecule has 0 bridgehead atoms. The highest BCUT2D eigenvalue weighted by molar-refractivity contribution is 5.70. The van der Waals surface area contributed by atoms with Crippen LogP contribution in [-0.4, -0.2) is 42.5 Å². The zero-order valence-electron chi connectivity index (χ0n) is 15.5. The van der Waals surface area contributed by atoms with Crippen molar-refractivity contribution >= 4 is 5.97 Å². The van der Waals surface area contributed by atoms with Crippen molar-refractivity contribution in [2.45, 2.75) is 31.0 Å². The van der Waals surface area contributed by atoms with E-state index in [0.29, 0.717) is 6.42 Å². The molecule has 1 aliphatic rings. The van der Waals surface area contributed by atoms with Crippen LogP contribution in [-0.2, 0) is 16.0 Å². The fourth-order valence-corrected chi connectivity index (χ4v) is 3.64. The van der Waals surface area contributed by atoms with E-state index in [1.54, 1.807) is 19.5 Å². The summed E-state index contributed by atoms with van der Waals surface area (Å²) in [5.74, 6) is 0.0280. The van der Waals surface area contributed by atoms with Crippen molar-refractivity contribution in [1.29, 1.82) is 0 Å². The van der Waals surface area contributed by atoms with Crippen molar-refractivity contribution in [3.05, 3.63) is 59.9 Å². The van der Waals surface area contributed by atoms with E-state index in [2.05, 4.69) is 15.8 Å². The van der Waals surface area contributed by atoms with Crippen LogP contribution < -0.4 is 15.6 Å². The van der Waals surface area contributed by atoms with Gasteiger partial charge in [0.1, 0.15) is 12.0 Å². The first-order valence-electron chi connectivity index (χ1n) is 8.91. The third-order valence-electron chi connectivity index (χ3n) is 5.05. The number of ether oxygens (including phenoxy) is 2. The second-order valence-electron chi connectivity index (χ2n) is 6.64. The molecule has 144 valence electrons. The van der Waals surface area contributed by atoms with Crippen molar-refractivity contribution in [2.24, 2.45) is 5.92 Å². The van der Waals surface area contributed by atoms with Gasteiger partial charge in [-0.25, -0.2) is 5.43 Å². The molecule has 7 heteroatoms. The molecule has 1 aromatic carbocycles. The predicted molar refractivity (Wildman–Crippen MR) is 99.9 cm³/mol. The maximum Gasteiger partial charge on any atom is 0.306 e. The van der Waals surface area contributed by atoms with Gasteiger partial charge in [0.15, 0.2) is 0 Å². The van der Waals surface area contributed by atoms with Gasteiger partial charge >= 0.3 is 5.97 Å². The lowest BCUT2D eigenvalue weighted by Crippen LogP contribution is -2.36. The number of esters is 1. The standard InChI is InChI=1S/C20H25N3O4/c1-26-15-7-5-13(6-8-15)10-17-19(20(25)23-22-17)16(11-18(24)27-2)14-4-3-9-21-12-14/h3-9,12,16-17,19-20,22-23,25H,10-11H2,1-2H3. The molecule has 1 fully saturated rings. The molecule has 0 spiro atoms. The van der Waals surface area contributed by atoms with E-state index in [9.17, 15) is 9.90 Å². The Bertz CT molecular complexity index is 739. The van der Waals surface area contributed by atoms with Crippen LogP contribution in [0.4, 0.5) is 0 Å². The second-order valence-corrected chi connectivity index (χ2v) is 6.64. The molecule has 0 saturated carbocycles. The number of hydrazine groups is 1. The Balaban J connectivity index is 1.84. The Labute approximate surface area is 158 Å². The minimum atomic E-state index is -0.789. The van der Waals surface area contributed by atoms with Gasteiger partial charge in [0.2, 0.25) is 0 Å². The molecule has 2 aromatic rings. The van der Waals surface area contributed by atoms with Crippen LogP contribution >= 0.6 is 0 Å². The number of benzene rings is 1. The van der Waals surface area contributed by atoms with Crippen LogP contribution in [0.2, 0.25) is 0 Å². The van der Waals surface area contributed by atoms with Gasteiger partial charge in [-0.15, -0.1) is 0 Å². The van der Waals surface area contributed by atoms with Crippen LogP contribution in [0.3, 0.4) is 0 Å². The van der Waals surface area contributed by atoms with Crippen LogP contribution in [0.15, 0.2) is 48.8 Å². The van der Waals surface area contributed by atoms with E-state index in [4.69, 9.17) is 9.47 Å².